The molecule has 80 valence electrons. The van der Waals surface area contributed by atoms with Crippen molar-refractivity contribution in [3.05, 3.63) is 0 Å². The molecule has 0 heterocycles. The molecule has 0 fully saturated rings. The highest BCUT2D eigenvalue weighted by atomic mass is 17.1. The minimum Gasteiger partial charge on any atom is -0.252 e. The minimum atomic E-state index is 0.485. The molecule has 13 heavy (non-hydrogen) atoms. The SMILES string of the molecule is CCC(CC)CC(CC)CCOO. The fourth-order valence-electron chi connectivity index (χ4n) is 1.80. The standard InChI is InChI=1S/C11H24O2/c1-4-10(5-2)9-11(6-3)7-8-13-12/h10-12H,4-9H2,1-3H3. The summed E-state index contributed by atoms with van der Waals surface area (Å²) in [6.07, 6.45) is 6.01. The van der Waals surface area contributed by atoms with Crippen molar-refractivity contribution in [3.8, 4) is 0 Å². The van der Waals surface area contributed by atoms with E-state index >= 15 is 0 Å². The second kappa shape index (κ2) is 8.52. The first kappa shape index (κ1) is 12.9. The number of rotatable bonds is 8. The minimum absolute atomic E-state index is 0.485. The van der Waals surface area contributed by atoms with E-state index in [0.717, 1.165) is 18.3 Å². The Kier molecular flexibility index (Phi) is 8.46. The van der Waals surface area contributed by atoms with Crippen molar-refractivity contribution in [2.45, 2.75) is 52.9 Å². The van der Waals surface area contributed by atoms with Gasteiger partial charge in [0.2, 0.25) is 0 Å². The maximum Gasteiger partial charge on any atom is 0.0822 e. The molecule has 1 unspecified atom stereocenters. The van der Waals surface area contributed by atoms with Crippen LogP contribution in [0.5, 0.6) is 0 Å². The van der Waals surface area contributed by atoms with Gasteiger partial charge in [-0.25, -0.2) is 4.89 Å². The molecule has 2 heteroatoms. The third-order valence-electron chi connectivity index (χ3n) is 3.02. The van der Waals surface area contributed by atoms with Crippen molar-refractivity contribution in [3.63, 3.8) is 0 Å². The molecular weight excluding hydrogens is 164 g/mol. The van der Waals surface area contributed by atoms with Crippen molar-refractivity contribution in [1.29, 1.82) is 0 Å². The summed E-state index contributed by atoms with van der Waals surface area (Å²) in [6.45, 7) is 7.20. The van der Waals surface area contributed by atoms with Gasteiger partial charge < -0.3 is 0 Å². The Hall–Kier alpha value is -0.0800. The Labute approximate surface area is 82.2 Å². The predicted molar refractivity (Wildman–Crippen MR) is 55.7 cm³/mol. The van der Waals surface area contributed by atoms with Gasteiger partial charge in [0.15, 0.2) is 0 Å². The molecule has 0 radical (unpaired) electrons. The van der Waals surface area contributed by atoms with Gasteiger partial charge in [0, 0.05) is 0 Å². The first-order valence-electron chi connectivity index (χ1n) is 5.54. The van der Waals surface area contributed by atoms with Gasteiger partial charge in [-0.15, -0.1) is 0 Å². The van der Waals surface area contributed by atoms with Crippen LogP contribution in [0.1, 0.15) is 52.9 Å². The van der Waals surface area contributed by atoms with E-state index in [-0.39, 0.29) is 0 Å². The van der Waals surface area contributed by atoms with Crippen LogP contribution in [0.2, 0.25) is 0 Å². The lowest BCUT2D eigenvalue weighted by atomic mass is 9.87. The van der Waals surface area contributed by atoms with Crippen molar-refractivity contribution in [2.24, 2.45) is 11.8 Å². The van der Waals surface area contributed by atoms with Crippen LogP contribution in [0.3, 0.4) is 0 Å². The molecule has 1 atom stereocenters. The van der Waals surface area contributed by atoms with E-state index in [1.54, 1.807) is 0 Å². The van der Waals surface area contributed by atoms with Gasteiger partial charge >= 0.3 is 0 Å². The summed E-state index contributed by atoms with van der Waals surface area (Å²) in [6, 6.07) is 0. The highest BCUT2D eigenvalue weighted by molar-refractivity contribution is 4.63. The second-order valence-electron chi connectivity index (χ2n) is 3.81. The molecule has 0 aliphatic heterocycles. The maximum absolute atomic E-state index is 8.26. The van der Waals surface area contributed by atoms with Crippen molar-refractivity contribution < 1.29 is 10.1 Å². The van der Waals surface area contributed by atoms with Gasteiger partial charge in [0.1, 0.15) is 0 Å². The first-order chi connectivity index (χ1) is 6.28. The maximum atomic E-state index is 8.26. The molecule has 0 rings (SSSR count). The average molecular weight is 188 g/mol. The third-order valence-corrected chi connectivity index (χ3v) is 3.02. The van der Waals surface area contributed by atoms with Crippen molar-refractivity contribution in [2.75, 3.05) is 6.61 Å². The molecule has 0 aliphatic carbocycles. The van der Waals surface area contributed by atoms with Crippen LogP contribution in [-0.4, -0.2) is 11.9 Å². The molecule has 0 saturated carbocycles. The monoisotopic (exact) mass is 188 g/mol. The van der Waals surface area contributed by atoms with Gasteiger partial charge in [0.05, 0.1) is 6.61 Å². The third kappa shape index (κ3) is 6.05. The summed E-state index contributed by atoms with van der Waals surface area (Å²) in [5.41, 5.74) is 0. The molecule has 0 amide bonds. The van der Waals surface area contributed by atoms with Gasteiger partial charge in [-0.2, -0.15) is 0 Å². The van der Waals surface area contributed by atoms with E-state index in [2.05, 4.69) is 25.7 Å². The Bertz CT molecular complexity index is 100. The summed E-state index contributed by atoms with van der Waals surface area (Å²) < 4.78 is 0. The molecule has 0 aromatic rings. The van der Waals surface area contributed by atoms with Crippen LogP contribution in [0.4, 0.5) is 0 Å². The van der Waals surface area contributed by atoms with Gasteiger partial charge in [-0.1, -0.05) is 40.0 Å². The Balaban J connectivity index is 3.67. The van der Waals surface area contributed by atoms with Crippen LogP contribution < -0.4 is 0 Å². The topological polar surface area (TPSA) is 29.5 Å². The molecule has 0 aromatic carbocycles. The quantitative estimate of drug-likeness (QED) is 0.464. The highest BCUT2D eigenvalue weighted by Crippen LogP contribution is 2.23. The summed E-state index contributed by atoms with van der Waals surface area (Å²) >= 11 is 0. The van der Waals surface area contributed by atoms with E-state index < -0.39 is 0 Å². The zero-order valence-corrected chi connectivity index (χ0v) is 9.25. The zero-order chi connectivity index (χ0) is 10.1. The summed E-state index contributed by atoms with van der Waals surface area (Å²) in [5, 5.41) is 8.26. The summed E-state index contributed by atoms with van der Waals surface area (Å²) in [7, 11) is 0. The molecule has 1 N–H and O–H groups in total. The summed E-state index contributed by atoms with van der Waals surface area (Å²) in [4.78, 5) is 4.12. The van der Waals surface area contributed by atoms with Crippen LogP contribution in [-0.2, 0) is 4.89 Å². The fourth-order valence-corrected chi connectivity index (χ4v) is 1.80. The van der Waals surface area contributed by atoms with Crippen LogP contribution in [0.25, 0.3) is 0 Å². The normalized spacial score (nSPS) is 13.6. The lowest BCUT2D eigenvalue weighted by molar-refractivity contribution is -0.244. The largest absolute Gasteiger partial charge is 0.252 e. The van der Waals surface area contributed by atoms with Gasteiger partial charge in [0.25, 0.3) is 0 Å². The van der Waals surface area contributed by atoms with E-state index in [1.165, 1.54) is 25.7 Å². The molecule has 0 spiro atoms. The van der Waals surface area contributed by atoms with E-state index in [9.17, 15) is 0 Å². The zero-order valence-electron chi connectivity index (χ0n) is 9.25. The smallest absolute Gasteiger partial charge is 0.0822 e. The van der Waals surface area contributed by atoms with Crippen molar-refractivity contribution in [1.82, 2.24) is 0 Å². The van der Waals surface area contributed by atoms with Crippen LogP contribution in [0, 0.1) is 11.8 Å². The number of hydrogen-bond acceptors (Lipinski definition) is 2. The molecule has 0 bridgehead atoms. The molecule has 0 saturated heterocycles. The van der Waals surface area contributed by atoms with E-state index in [0.29, 0.717) is 6.61 Å². The Morgan fingerprint density at radius 2 is 1.54 bits per heavy atom. The van der Waals surface area contributed by atoms with Crippen LogP contribution in [0.15, 0.2) is 0 Å². The summed E-state index contributed by atoms with van der Waals surface area (Å²) in [5.74, 6) is 1.57. The molecular formula is C11H24O2. The molecule has 2 nitrogen and oxygen atoms in total. The lowest BCUT2D eigenvalue weighted by Crippen LogP contribution is -2.09. The van der Waals surface area contributed by atoms with Gasteiger partial charge in [-0.05, 0) is 24.7 Å². The second-order valence-corrected chi connectivity index (χ2v) is 3.81. The fraction of sp³-hybridized carbons (Fsp3) is 1.00. The van der Waals surface area contributed by atoms with Gasteiger partial charge in [-0.3, -0.25) is 5.26 Å². The van der Waals surface area contributed by atoms with Crippen molar-refractivity contribution >= 4 is 0 Å². The molecule has 0 aromatic heterocycles. The predicted octanol–water partition coefficient (Wildman–Crippen LogP) is 3.72. The highest BCUT2D eigenvalue weighted by Gasteiger charge is 2.12. The van der Waals surface area contributed by atoms with E-state index in [4.69, 9.17) is 5.26 Å². The van der Waals surface area contributed by atoms with Crippen LogP contribution >= 0.6 is 0 Å². The Morgan fingerprint density at radius 1 is 1.00 bits per heavy atom. The lowest BCUT2D eigenvalue weighted by Gasteiger charge is -2.19. The molecule has 0 aliphatic rings. The van der Waals surface area contributed by atoms with E-state index in [1.807, 2.05) is 0 Å². The first-order valence-corrected chi connectivity index (χ1v) is 5.54. The average Bonchev–Trinajstić information content (AvgIpc) is 2.19. The Morgan fingerprint density at radius 3 is 1.92 bits per heavy atom. The number of hydrogen-bond donors (Lipinski definition) is 1.